The number of allylic oxidation sites excluding steroid dienone is 1. The summed E-state index contributed by atoms with van der Waals surface area (Å²) in [6.07, 6.45) is 5.53. The number of benzene rings is 3. The number of nitrogens with one attached hydrogen (secondary N) is 1. The summed E-state index contributed by atoms with van der Waals surface area (Å²) in [7, 11) is 4.92. The highest BCUT2D eigenvalue weighted by molar-refractivity contribution is 5.92. The van der Waals surface area contributed by atoms with Crippen molar-refractivity contribution in [1.29, 1.82) is 0 Å². The first kappa shape index (κ1) is 30.7. The van der Waals surface area contributed by atoms with Crippen molar-refractivity contribution < 1.29 is 23.7 Å². The first-order valence-electron chi connectivity index (χ1n) is 15.2. The van der Waals surface area contributed by atoms with Crippen molar-refractivity contribution >= 4 is 17.2 Å². The second-order valence-corrected chi connectivity index (χ2v) is 11.2. The zero-order valence-electron chi connectivity index (χ0n) is 26.4. The fourth-order valence-corrected chi connectivity index (χ4v) is 5.89. The number of carbonyl (C=O) groups is 1. The number of hydrogen-bond donors (Lipinski definition) is 1. The van der Waals surface area contributed by atoms with Crippen LogP contribution in [0.25, 0.3) is 16.9 Å². The third-order valence-electron chi connectivity index (χ3n) is 8.21. The van der Waals surface area contributed by atoms with E-state index in [0.29, 0.717) is 17.2 Å². The van der Waals surface area contributed by atoms with Crippen LogP contribution in [-0.2, 0) is 30.7 Å². The largest absolute Gasteiger partial charge is 0.493 e. The number of amides is 1. The molecule has 236 valence electrons. The molecule has 2 aromatic heterocycles. The zero-order chi connectivity index (χ0) is 32.0. The Bertz CT molecular complexity index is 1860. The molecule has 9 heteroatoms. The molecule has 46 heavy (non-hydrogen) atoms. The Morgan fingerprint density at radius 3 is 2.39 bits per heavy atom. The van der Waals surface area contributed by atoms with Gasteiger partial charge in [0.1, 0.15) is 5.65 Å². The molecule has 0 unspecified atom stereocenters. The first-order chi connectivity index (χ1) is 22.5. The number of methoxy groups -OCH3 is 3. The van der Waals surface area contributed by atoms with Crippen molar-refractivity contribution in [2.24, 2.45) is 0 Å². The van der Waals surface area contributed by atoms with Crippen molar-refractivity contribution in [3.8, 4) is 34.3 Å². The van der Waals surface area contributed by atoms with Crippen LogP contribution in [0.2, 0.25) is 0 Å². The van der Waals surface area contributed by atoms with Gasteiger partial charge in [0.15, 0.2) is 29.6 Å². The molecular formula is C37H38N4O5. The molecule has 0 bridgehead atoms. The monoisotopic (exact) mass is 618 g/mol. The number of rotatable bonds is 12. The molecule has 9 nitrogen and oxygen atoms in total. The summed E-state index contributed by atoms with van der Waals surface area (Å²) in [5.41, 5.74) is 8.14. The molecular weight excluding hydrogens is 580 g/mol. The number of fused-ring (bicyclic) bond motifs is 2. The standard InChI is InChI=1S/C37H38N4O5/c1-5-8-25-10-15-31(32(19-25)43-2)46-24-36(42)38-29-13-11-26(12-14-29)37-30(41-17-7-6-9-35(41)39-37)23-40-18-16-27-20-33(44-3)34(45-4)21-28(27)22-40/h5-7,9-15,17,19-21H,1,8,16,18,22-24H2,2-4H3,(H,38,42). The molecule has 0 atom stereocenters. The van der Waals surface area contributed by atoms with Gasteiger partial charge in [-0.3, -0.25) is 9.69 Å². The highest BCUT2D eigenvalue weighted by Crippen LogP contribution is 2.35. The summed E-state index contributed by atoms with van der Waals surface area (Å²) < 4.78 is 24.4. The third kappa shape index (κ3) is 6.55. The number of anilines is 1. The smallest absolute Gasteiger partial charge is 0.262 e. The topological polar surface area (TPSA) is 86.6 Å². The van der Waals surface area contributed by atoms with Crippen molar-refractivity contribution in [3.63, 3.8) is 0 Å². The van der Waals surface area contributed by atoms with E-state index in [1.165, 1.54) is 11.1 Å². The molecule has 1 aliphatic rings. The van der Waals surface area contributed by atoms with Gasteiger partial charge >= 0.3 is 0 Å². The van der Waals surface area contributed by atoms with E-state index < -0.39 is 0 Å². The van der Waals surface area contributed by atoms with Gasteiger partial charge in [0.25, 0.3) is 5.91 Å². The Hall–Kier alpha value is -5.28. The van der Waals surface area contributed by atoms with Gasteiger partial charge in [-0.2, -0.15) is 0 Å². The molecule has 5 aromatic rings. The maximum absolute atomic E-state index is 12.7. The third-order valence-corrected chi connectivity index (χ3v) is 8.21. The van der Waals surface area contributed by atoms with Gasteiger partial charge < -0.3 is 28.7 Å². The Morgan fingerprint density at radius 2 is 1.65 bits per heavy atom. The van der Waals surface area contributed by atoms with Gasteiger partial charge in [0.2, 0.25) is 0 Å². The molecule has 3 heterocycles. The highest BCUT2D eigenvalue weighted by atomic mass is 16.5. The van der Waals surface area contributed by atoms with Crippen molar-refractivity contribution in [2.75, 3.05) is 39.8 Å². The van der Waals surface area contributed by atoms with E-state index in [9.17, 15) is 4.79 Å². The summed E-state index contributed by atoms with van der Waals surface area (Å²) in [6, 6.07) is 23.6. The number of imidazole rings is 1. The molecule has 1 N–H and O–H groups in total. The molecule has 0 fully saturated rings. The van der Waals surface area contributed by atoms with Crippen LogP contribution >= 0.6 is 0 Å². The van der Waals surface area contributed by atoms with E-state index in [1.54, 1.807) is 21.3 Å². The average molecular weight is 619 g/mol. The van der Waals surface area contributed by atoms with Crippen LogP contribution in [0, 0.1) is 0 Å². The van der Waals surface area contributed by atoms with E-state index in [1.807, 2.05) is 66.7 Å². The lowest BCUT2D eigenvalue weighted by molar-refractivity contribution is -0.118. The van der Waals surface area contributed by atoms with Crippen LogP contribution < -0.4 is 24.3 Å². The Kier molecular flexibility index (Phi) is 9.21. The van der Waals surface area contributed by atoms with Gasteiger partial charge in [0.05, 0.1) is 32.7 Å². The average Bonchev–Trinajstić information content (AvgIpc) is 3.45. The van der Waals surface area contributed by atoms with Crippen LogP contribution in [0.4, 0.5) is 5.69 Å². The summed E-state index contributed by atoms with van der Waals surface area (Å²) in [4.78, 5) is 20.2. The summed E-state index contributed by atoms with van der Waals surface area (Å²) in [6.45, 7) is 6.07. The van der Waals surface area contributed by atoms with Crippen LogP contribution in [-0.4, -0.2) is 54.7 Å². The van der Waals surface area contributed by atoms with Gasteiger partial charge in [-0.15, -0.1) is 6.58 Å². The zero-order valence-corrected chi connectivity index (χ0v) is 26.4. The van der Waals surface area contributed by atoms with Gasteiger partial charge in [-0.25, -0.2) is 4.98 Å². The van der Waals surface area contributed by atoms with Crippen molar-refractivity contribution in [1.82, 2.24) is 14.3 Å². The van der Waals surface area contributed by atoms with Gasteiger partial charge in [-0.05, 0) is 78.1 Å². The van der Waals surface area contributed by atoms with E-state index in [4.69, 9.17) is 23.9 Å². The Morgan fingerprint density at radius 1 is 0.913 bits per heavy atom. The fourth-order valence-electron chi connectivity index (χ4n) is 5.89. The second kappa shape index (κ2) is 13.8. The molecule has 0 spiro atoms. The summed E-state index contributed by atoms with van der Waals surface area (Å²) >= 11 is 0. The number of ether oxygens (including phenoxy) is 4. The van der Waals surface area contributed by atoms with Crippen LogP contribution in [0.5, 0.6) is 23.0 Å². The summed E-state index contributed by atoms with van der Waals surface area (Å²) in [5.74, 6) is 2.33. The molecule has 0 saturated heterocycles. The molecule has 0 aliphatic carbocycles. The number of aromatic nitrogens is 2. The number of carbonyl (C=O) groups excluding carboxylic acids is 1. The highest BCUT2D eigenvalue weighted by Gasteiger charge is 2.23. The fraction of sp³-hybridized carbons (Fsp3) is 0.243. The molecule has 1 aliphatic heterocycles. The second-order valence-electron chi connectivity index (χ2n) is 11.2. The van der Waals surface area contributed by atoms with Crippen molar-refractivity contribution in [2.45, 2.75) is 25.9 Å². The lowest BCUT2D eigenvalue weighted by atomic mass is 9.98. The minimum Gasteiger partial charge on any atom is -0.493 e. The van der Waals surface area contributed by atoms with Gasteiger partial charge in [-0.1, -0.05) is 30.3 Å². The van der Waals surface area contributed by atoms with E-state index in [-0.39, 0.29) is 12.5 Å². The predicted octanol–water partition coefficient (Wildman–Crippen LogP) is 6.33. The summed E-state index contributed by atoms with van der Waals surface area (Å²) in [5, 5.41) is 2.92. The van der Waals surface area contributed by atoms with E-state index in [2.05, 4.69) is 39.5 Å². The predicted molar refractivity (Wildman–Crippen MR) is 179 cm³/mol. The molecule has 1 amide bonds. The maximum atomic E-state index is 12.7. The first-order valence-corrected chi connectivity index (χ1v) is 15.2. The molecule has 6 rings (SSSR count). The minimum atomic E-state index is -0.266. The quantitative estimate of drug-likeness (QED) is 0.164. The lowest BCUT2D eigenvalue weighted by Gasteiger charge is -2.29. The number of nitrogens with zero attached hydrogens (tertiary/aromatic N) is 3. The van der Waals surface area contributed by atoms with Crippen LogP contribution in [0.15, 0.2) is 91.6 Å². The number of hydrogen-bond acceptors (Lipinski definition) is 7. The van der Waals surface area contributed by atoms with Crippen molar-refractivity contribution in [3.05, 3.63) is 114 Å². The van der Waals surface area contributed by atoms with Crippen LogP contribution in [0.3, 0.4) is 0 Å². The molecule has 0 radical (unpaired) electrons. The van der Waals surface area contributed by atoms with Crippen LogP contribution in [0.1, 0.15) is 22.4 Å². The van der Waals surface area contributed by atoms with E-state index in [0.717, 1.165) is 72.1 Å². The SMILES string of the molecule is C=CCc1ccc(OCC(=O)Nc2ccc(-c3nc4ccccn4c3CN3CCc4cc(OC)c(OC)cc4C3)cc2)c(OC)c1. The molecule has 0 saturated carbocycles. The van der Waals surface area contributed by atoms with Gasteiger partial charge in [0, 0.05) is 37.1 Å². The number of pyridine rings is 1. The Labute approximate surface area is 269 Å². The van der Waals surface area contributed by atoms with E-state index >= 15 is 0 Å². The lowest BCUT2D eigenvalue weighted by Crippen LogP contribution is -2.30. The molecule has 3 aromatic carbocycles. The minimum absolute atomic E-state index is 0.146. The normalized spacial score (nSPS) is 12.8. The maximum Gasteiger partial charge on any atom is 0.262 e. The Balaban J connectivity index is 1.16.